The van der Waals surface area contributed by atoms with Gasteiger partial charge in [-0.1, -0.05) is 19.3 Å². The number of nitrogens with two attached hydrogens (primary N) is 1. The molecule has 0 aromatic heterocycles. The zero-order chi connectivity index (χ0) is 13.5. The van der Waals surface area contributed by atoms with Gasteiger partial charge in [-0.15, -0.1) is 0 Å². The third-order valence-electron chi connectivity index (χ3n) is 4.65. The first-order chi connectivity index (χ1) is 9.29. The van der Waals surface area contributed by atoms with Gasteiger partial charge in [0.05, 0.1) is 12.2 Å². The molecule has 0 aliphatic carbocycles. The van der Waals surface area contributed by atoms with Crippen LogP contribution in [0.5, 0.6) is 0 Å². The molecule has 2 aliphatic rings. The van der Waals surface area contributed by atoms with Gasteiger partial charge in [-0.05, 0) is 44.9 Å². The van der Waals surface area contributed by atoms with Crippen molar-refractivity contribution in [1.82, 2.24) is 5.43 Å². The minimum atomic E-state index is 0.322. The smallest absolute Gasteiger partial charge is 0.0746 e. The number of rotatable bonds is 7. The van der Waals surface area contributed by atoms with Crippen LogP contribution < -0.4 is 11.3 Å². The Morgan fingerprint density at radius 3 is 2.58 bits per heavy atom. The van der Waals surface area contributed by atoms with Crippen molar-refractivity contribution < 1.29 is 9.47 Å². The molecule has 4 nitrogen and oxygen atoms in total. The molecule has 19 heavy (non-hydrogen) atoms. The van der Waals surface area contributed by atoms with Gasteiger partial charge in [0.1, 0.15) is 0 Å². The SMILES string of the molecule is CC1CCC(C(CCCCC2CCOCC2)NN)O1. The average Bonchev–Trinajstić information content (AvgIpc) is 2.86. The molecule has 3 unspecified atom stereocenters. The minimum absolute atomic E-state index is 0.322. The summed E-state index contributed by atoms with van der Waals surface area (Å²) in [5, 5.41) is 0. The van der Waals surface area contributed by atoms with Crippen molar-refractivity contribution in [2.75, 3.05) is 13.2 Å². The van der Waals surface area contributed by atoms with Gasteiger partial charge in [-0.3, -0.25) is 11.3 Å². The molecule has 3 N–H and O–H groups in total. The molecule has 2 fully saturated rings. The van der Waals surface area contributed by atoms with E-state index in [2.05, 4.69) is 12.3 Å². The van der Waals surface area contributed by atoms with Crippen molar-refractivity contribution in [3.8, 4) is 0 Å². The van der Waals surface area contributed by atoms with Gasteiger partial charge in [-0.2, -0.15) is 0 Å². The second-order valence-corrected chi connectivity index (χ2v) is 6.18. The fourth-order valence-electron chi connectivity index (χ4n) is 3.34. The highest BCUT2D eigenvalue weighted by Gasteiger charge is 2.28. The first-order valence-electron chi connectivity index (χ1n) is 7.99. The topological polar surface area (TPSA) is 56.5 Å². The average molecular weight is 270 g/mol. The van der Waals surface area contributed by atoms with Gasteiger partial charge in [0.2, 0.25) is 0 Å². The summed E-state index contributed by atoms with van der Waals surface area (Å²) in [6.45, 7) is 4.08. The number of nitrogens with one attached hydrogen (secondary N) is 1. The van der Waals surface area contributed by atoms with Crippen LogP contribution in [0.25, 0.3) is 0 Å². The molecule has 0 radical (unpaired) electrons. The number of unbranched alkanes of at least 4 members (excludes halogenated alkanes) is 1. The van der Waals surface area contributed by atoms with Crippen molar-refractivity contribution in [2.45, 2.75) is 76.5 Å². The molecule has 0 bridgehead atoms. The van der Waals surface area contributed by atoms with Crippen LogP contribution in [0.3, 0.4) is 0 Å². The summed E-state index contributed by atoms with van der Waals surface area (Å²) in [5.74, 6) is 6.57. The van der Waals surface area contributed by atoms with Crippen molar-refractivity contribution in [3.63, 3.8) is 0 Å². The highest BCUT2D eigenvalue weighted by molar-refractivity contribution is 4.81. The maximum Gasteiger partial charge on any atom is 0.0746 e. The van der Waals surface area contributed by atoms with E-state index >= 15 is 0 Å². The monoisotopic (exact) mass is 270 g/mol. The number of hydrazine groups is 1. The van der Waals surface area contributed by atoms with Gasteiger partial charge in [0, 0.05) is 19.3 Å². The quantitative estimate of drug-likeness (QED) is 0.424. The largest absolute Gasteiger partial charge is 0.381 e. The Labute approximate surface area is 117 Å². The second kappa shape index (κ2) is 8.20. The van der Waals surface area contributed by atoms with Crippen molar-refractivity contribution >= 4 is 0 Å². The first kappa shape index (κ1) is 15.2. The molecule has 3 atom stereocenters. The van der Waals surface area contributed by atoms with E-state index in [0.29, 0.717) is 18.2 Å². The summed E-state index contributed by atoms with van der Waals surface area (Å²) in [7, 11) is 0. The predicted molar refractivity (Wildman–Crippen MR) is 76.7 cm³/mol. The molecule has 0 aromatic carbocycles. The Hall–Kier alpha value is -0.160. The van der Waals surface area contributed by atoms with Gasteiger partial charge < -0.3 is 9.47 Å². The van der Waals surface area contributed by atoms with E-state index in [1.165, 1.54) is 38.5 Å². The molecule has 0 amide bonds. The highest BCUT2D eigenvalue weighted by Crippen LogP contribution is 2.25. The fourth-order valence-corrected chi connectivity index (χ4v) is 3.34. The molecule has 2 saturated heterocycles. The van der Waals surface area contributed by atoms with E-state index < -0.39 is 0 Å². The van der Waals surface area contributed by atoms with Crippen LogP contribution in [0.2, 0.25) is 0 Å². The summed E-state index contributed by atoms with van der Waals surface area (Å²) in [6.07, 6.45) is 10.6. The standard InChI is InChI=1S/C15H30N2O2/c1-12-6-7-15(19-12)14(17-16)5-3-2-4-13-8-10-18-11-9-13/h12-15,17H,2-11,16H2,1H3. The van der Waals surface area contributed by atoms with Gasteiger partial charge >= 0.3 is 0 Å². The predicted octanol–water partition coefficient (Wildman–Crippen LogP) is 2.37. The third kappa shape index (κ3) is 5.03. The Morgan fingerprint density at radius 2 is 1.95 bits per heavy atom. The second-order valence-electron chi connectivity index (χ2n) is 6.18. The summed E-state index contributed by atoms with van der Waals surface area (Å²) in [4.78, 5) is 0. The fraction of sp³-hybridized carbons (Fsp3) is 1.00. The maximum atomic E-state index is 5.90. The van der Waals surface area contributed by atoms with E-state index in [1.54, 1.807) is 0 Å². The van der Waals surface area contributed by atoms with Gasteiger partial charge in [0.15, 0.2) is 0 Å². The van der Waals surface area contributed by atoms with Crippen LogP contribution in [-0.4, -0.2) is 31.5 Å². The van der Waals surface area contributed by atoms with Crippen LogP contribution in [-0.2, 0) is 9.47 Å². The summed E-state index contributed by atoms with van der Waals surface area (Å²) in [6, 6.07) is 0.333. The van der Waals surface area contributed by atoms with E-state index in [-0.39, 0.29) is 0 Å². The van der Waals surface area contributed by atoms with Crippen molar-refractivity contribution in [3.05, 3.63) is 0 Å². The Morgan fingerprint density at radius 1 is 1.16 bits per heavy atom. The van der Waals surface area contributed by atoms with Crippen molar-refractivity contribution in [2.24, 2.45) is 11.8 Å². The molecule has 0 spiro atoms. The van der Waals surface area contributed by atoms with E-state index in [4.69, 9.17) is 15.3 Å². The third-order valence-corrected chi connectivity index (χ3v) is 4.65. The Balaban J connectivity index is 1.57. The molecular formula is C15H30N2O2. The van der Waals surface area contributed by atoms with E-state index in [0.717, 1.165) is 32.0 Å². The van der Waals surface area contributed by atoms with Crippen LogP contribution in [0.4, 0.5) is 0 Å². The lowest BCUT2D eigenvalue weighted by molar-refractivity contribution is 0.0291. The lowest BCUT2D eigenvalue weighted by atomic mass is 9.92. The Bertz CT molecular complexity index is 244. The number of hydrogen-bond acceptors (Lipinski definition) is 4. The zero-order valence-corrected chi connectivity index (χ0v) is 12.3. The van der Waals surface area contributed by atoms with E-state index in [9.17, 15) is 0 Å². The van der Waals surface area contributed by atoms with Gasteiger partial charge in [-0.25, -0.2) is 0 Å². The summed E-state index contributed by atoms with van der Waals surface area (Å²) in [5.41, 5.74) is 2.96. The normalized spacial score (nSPS) is 30.6. The van der Waals surface area contributed by atoms with Crippen LogP contribution in [0, 0.1) is 5.92 Å². The molecule has 0 aromatic rings. The molecule has 112 valence electrons. The number of hydrogen-bond donors (Lipinski definition) is 2. The Kier molecular flexibility index (Phi) is 6.57. The minimum Gasteiger partial charge on any atom is -0.381 e. The lowest BCUT2D eigenvalue weighted by Gasteiger charge is -2.24. The van der Waals surface area contributed by atoms with Crippen LogP contribution in [0.1, 0.15) is 58.3 Å². The van der Waals surface area contributed by atoms with Gasteiger partial charge in [0.25, 0.3) is 0 Å². The zero-order valence-electron chi connectivity index (χ0n) is 12.3. The van der Waals surface area contributed by atoms with Crippen molar-refractivity contribution in [1.29, 1.82) is 0 Å². The molecule has 0 saturated carbocycles. The summed E-state index contributed by atoms with van der Waals surface area (Å²) >= 11 is 0. The first-order valence-corrected chi connectivity index (χ1v) is 7.99. The molecule has 2 rings (SSSR count). The maximum absolute atomic E-state index is 5.90. The molecule has 2 aliphatic heterocycles. The lowest BCUT2D eigenvalue weighted by Crippen LogP contribution is -2.43. The highest BCUT2D eigenvalue weighted by atomic mass is 16.5. The van der Waals surface area contributed by atoms with E-state index in [1.807, 2.05) is 0 Å². The van der Waals surface area contributed by atoms with Crippen LogP contribution in [0.15, 0.2) is 0 Å². The molecule has 2 heterocycles. The number of ether oxygens (including phenoxy) is 2. The van der Waals surface area contributed by atoms with Crippen LogP contribution >= 0.6 is 0 Å². The molecule has 4 heteroatoms. The molecular weight excluding hydrogens is 240 g/mol. The summed E-state index contributed by atoms with van der Waals surface area (Å²) < 4.78 is 11.3.